The van der Waals surface area contributed by atoms with E-state index >= 15 is 0 Å². The van der Waals surface area contributed by atoms with Crippen molar-refractivity contribution in [2.45, 2.75) is 33.6 Å². The molecule has 23 heavy (non-hydrogen) atoms. The lowest BCUT2D eigenvalue weighted by Crippen LogP contribution is -2.12. The maximum absolute atomic E-state index is 11.9. The highest BCUT2D eigenvalue weighted by Gasteiger charge is 2.10. The molecule has 2 rings (SSSR count). The van der Waals surface area contributed by atoms with Gasteiger partial charge in [0.25, 0.3) is 0 Å². The molecule has 1 heterocycles. The fourth-order valence-electron chi connectivity index (χ4n) is 1.95. The number of anilines is 2. The third kappa shape index (κ3) is 5.21. The van der Waals surface area contributed by atoms with Crippen LogP contribution in [0.3, 0.4) is 0 Å². The second kappa shape index (κ2) is 7.92. The Morgan fingerprint density at radius 3 is 2.78 bits per heavy atom. The average Bonchev–Trinajstić information content (AvgIpc) is 2.86. The van der Waals surface area contributed by atoms with E-state index < -0.39 is 6.09 Å². The smallest absolute Gasteiger partial charge is 0.413 e. The van der Waals surface area contributed by atoms with Crippen LogP contribution in [0.5, 0.6) is 0 Å². The summed E-state index contributed by atoms with van der Waals surface area (Å²) in [6.07, 6.45) is 0.852. The third-order valence-corrected chi connectivity index (χ3v) is 4.04. The third-order valence-electron chi connectivity index (χ3n) is 3.11. The molecule has 0 bridgehead atoms. The highest BCUT2D eigenvalue weighted by atomic mass is 32.1. The van der Waals surface area contributed by atoms with Crippen molar-refractivity contribution in [3.8, 4) is 0 Å². The fourth-order valence-corrected chi connectivity index (χ4v) is 2.84. The molecule has 7 heteroatoms. The molecular formula is C16H21N3O3S. The van der Waals surface area contributed by atoms with Crippen molar-refractivity contribution in [3.05, 3.63) is 18.2 Å². The van der Waals surface area contributed by atoms with Crippen molar-refractivity contribution < 1.29 is 14.3 Å². The zero-order valence-electron chi connectivity index (χ0n) is 13.5. The SMILES string of the molecule is CCOC(=O)Nc1nc2ccc(NC(=O)CCC(C)C)cc2s1. The van der Waals surface area contributed by atoms with E-state index in [-0.39, 0.29) is 5.91 Å². The topological polar surface area (TPSA) is 80.3 Å². The Bertz CT molecular complexity index is 697. The van der Waals surface area contributed by atoms with Crippen molar-refractivity contribution in [2.75, 3.05) is 17.2 Å². The van der Waals surface area contributed by atoms with Gasteiger partial charge in [-0.1, -0.05) is 25.2 Å². The highest BCUT2D eigenvalue weighted by molar-refractivity contribution is 7.22. The van der Waals surface area contributed by atoms with Crippen LogP contribution < -0.4 is 10.6 Å². The van der Waals surface area contributed by atoms with E-state index in [1.807, 2.05) is 18.2 Å². The molecule has 0 aliphatic rings. The number of hydrogen-bond acceptors (Lipinski definition) is 5. The second-order valence-electron chi connectivity index (χ2n) is 5.53. The Kier molecular flexibility index (Phi) is 5.92. The van der Waals surface area contributed by atoms with Crippen LogP contribution in [0.4, 0.5) is 15.6 Å². The van der Waals surface area contributed by atoms with E-state index in [0.29, 0.717) is 24.1 Å². The molecule has 0 unspecified atom stereocenters. The van der Waals surface area contributed by atoms with Gasteiger partial charge in [-0.05, 0) is 37.5 Å². The van der Waals surface area contributed by atoms with Crippen LogP contribution in [0.2, 0.25) is 0 Å². The zero-order chi connectivity index (χ0) is 16.8. The molecule has 1 aromatic carbocycles. The van der Waals surface area contributed by atoms with E-state index in [2.05, 4.69) is 29.5 Å². The number of fused-ring (bicyclic) bond motifs is 1. The number of rotatable bonds is 6. The summed E-state index contributed by atoms with van der Waals surface area (Å²) >= 11 is 1.34. The fraction of sp³-hybridized carbons (Fsp3) is 0.438. The highest BCUT2D eigenvalue weighted by Crippen LogP contribution is 2.28. The average molecular weight is 335 g/mol. The van der Waals surface area contributed by atoms with Crippen LogP contribution in [0.25, 0.3) is 10.2 Å². The van der Waals surface area contributed by atoms with Crippen molar-refractivity contribution in [1.29, 1.82) is 0 Å². The van der Waals surface area contributed by atoms with E-state index in [0.717, 1.165) is 22.3 Å². The number of nitrogens with zero attached hydrogens (tertiary/aromatic N) is 1. The first-order valence-electron chi connectivity index (χ1n) is 7.62. The number of benzene rings is 1. The van der Waals surface area contributed by atoms with Crippen molar-refractivity contribution >= 4 is 44.4 Å². The lowest BCUT2D eigenvalue weighted by molar-refractivity contribution is -0.116. The molecular weight excluding hydrogens is 314 g/mol. The van der Waals surface area contributed by atoms with E-state index in [1.54, 1.807) is 6.92 Å². The van der Waals surface area contributed by atoms with Gasteiger partial charge in [-0.2, -0.15) is 0 Å². The molecule has 2 amide bonds. The maximum Gasteiger partial charge on any atom is 0.413 e. The van der Waals surface area contributed by atoms with Crippen LogP contribution in [-0.2, 0) is 9.53 Å². The standard InChI is InChI=1S/C16H21N3O3S/c1-4-22-16(21)19-15-18-12-7-6-11(9-13(12)23-15)17-14(20)8-5-10(2)3/h6-7,9-10H,4-5,8H2,1-3H3,(H,17,20)(H,18,19,21). The first-order chi connectivity index (χ1) is 11.0. The largest absolute Gasteiger partial charge is 0.450 e. The summed E-state index contributed by atoms with van der Waals surface area (Å²) in [7, 11) is 0. The number of amides is 2. The molecule has 124 valence electrons. The predicted octanol–water partition coefficient (Wildman–Crippen LogP) is 4.24. The number of thiazole rings is 1. The Hall–Kier alpha value is -2.15. The minimum absolute atomic E-state index is 0.00689. The first-order valence-corrected chi connectivity index (χ1v) is 8.43. The molecule has 2 aromatic rings. The molecule has 0 saturated carbocycles. The minimum atomic E-state index is -0.520. The van der Waals surface area contributed by atoms with E-state index in [1.165, 1.54) is 11.3 Å². The summed E-state index contributed by atoms with van der Waals surface area (Å²) in [5.41, 5.74) is 1.50. The molecule has 0 atom stereocenters. The minimum Gasteiger partial charge on any atom is -0.450 e. The lowest BCUT2D eigenvalue weighted by atomic mass is 10.1. The number of ether oxygens (including phenoxy) is 1. The zero-order valence-corrected chi connectivity index (χ0v) is 14.3. The Morgan fingerprint density at radius 2 is 2.09 bits per heavy atom. The summed E-state index contributed by atoms with van der Waals surface area (Å²) in [4.78, 5) is 27.6. The molecule has 0 aliphatic carbocycles. The Labute approximate surface area is 139 Å². The maximum atomic E-state index is 11.9. The number of hydrogen-bond donors (Lipinski definition) is 2. The summed E-state index contributed by atoms with van der Waals surface area (Å²) in [5, 5.41) is 5.95. The van der Waals surface area contributed by atoms with Gasteiger partial charge in [0.1, 0.15) is 0 Å². The number of aromatic nitrogens is 1. The van der Waals surface area contributed by atoms with Gasteiger partial charge in [-0.15, -0.1) is 0 Å². The molecule has 0 radical (unpaired) electrons. The van der Waals surface area contributed by atoms with Crippen LogP contribution in [-0.4, -0.2) is 23.6 Å². The van der Waals surface area contributed by atoms with Crippen LogP contribution >= 0.6 is 11.3 Å². The van der Waals surface area contributed by atoms with Crippen molar-refractivity contribution in [1.82, 2.24) is 4.98 Å². The van der Waals surface area contributed by atoms with Gasteiger partial charge in [0.05, 0.1) is 16.8 Å². The van der Waals surface area contributed by atoms with Crippen molar-refractivity contribution in [2.24, 2.45) is 5.92 Å². The Balaban J connectivity index is 2.04. The van der Waals surface area contributed by atoms with Gasteiger partial charge in [-0.25, -0.2) is 9.78 Å². The molecule has 1 aromatic heterocycles. The summed E-state index contributed by atoms with van der Waals surface area (Å²) < 4.78 is 5.71. The predicted molar refractivity (Wildman–Crippen MR) is 93.0 cm³/mol. The van der Waals surface area contributed by atoms with Gasteiger partial charge in [0.15, 0.2) is 5.13 Å². The van der Waals surface area contributed by atoms with Gasteiger partial charge in [0.2, 0.25) is 5.91 Å². The van der Waals surface area contributed by atoms with Gasteiger partial charge in [-0.3, -0.25) is 10.1 Å². The molecule has 0 saturated heterocycles. The van der Waals surface area contributed by atoms with Gasteiger partial charge < -0.3 is 10.1 Å². The quantitative estimate of drug-likeness (QED) is 0.827. The molecule has 0 fully saturated rings. The van der Waals surface area contributed by atoms with Crippen LogP contribution in [0.15, 0.2) is 18.2 Å². The number of nitrogens with one attached hydrogen (secondary N) is 2. The monoisotopic (exact) mass is 335 g/mol. The van der Waals surface area contributed by atoms with E-state index in [4.69, 9.17) is 4.74 Å². The van der Waals surface area contributed by atoms with Crippen LogP contribution in [0.1, 0.15) is 33.6 Å². The first kappa shape index (κ1) is 17.2. The van der Waals surface area contributed by atoms with Gasteiger partial charge in [0, 0.05) is 12.1 Å². The lowest BCUT2D eigenvalue weighted by Gasteiger charge is -2.06. The van der Waals surface area contributed by atoms with E-state index in [9.17, 15) is 9.59 Å². The molecule has 0 aliphatic heterocycles. The summed E-state index contributed by atoms with van der Waals surface area (Å²) in [6, 6.07) is 5.49. The summed E-state index contributed by atoms with van der Waals surface area (Å²) in [5.74, 6) is 0.508. The van der Waals surface area contributed by atoms with Crippen molar-refractivity contribution in [3.63, 3.8) is 0 Å². The van der Waals surface area contributed by atoms with Crippen LogP contribution in [0, 0.1) is 5.92 Å². The number of carbonyl (C=O) groups is 2. The second-order valence-corrected chi connectivity index (χ2v) is 6.56. The Morgan fingerprint density at radius 1 is 1.30 bits per heavy atom. The molecule has 2 N–H and O–H groups in total. The molecule has 6 nitrogen and oxygen atoms in total. The van der Waals surface area contributed by atoms with Gasteiger partial charge >= 0.3 is 6.09 Å². The normalized spacial score (nSPS) is 10.8. The number of carbonyl (C=O) groups excluding carboxylic acids is 2. The molecule has 0 spiro atoms. The summed E-state index contributed by atoms with van der Waals surface area (Å²) in [6.45, 7) is 6.24.